The van der Waals surface area contributed by atoms with Crippen molar-refractivity contribution in [3.8, 4) is 5.75 Å². The first-order chi connectivity index (χ1) is 9.19. The van der Waals surface area contributed by atoms with E-state index in [0.717, 1.165) is 22.4 Å². The molecular weight excluding hydrogens is 240 g/mol. The molecule has 0 aliphatic rings. The van der Waals surface area contributed by atoms with Crippen LogP contribution in [0.4, 0.5) is 0 Å². The summed E-state index contributed by atoms with van der Waals surface area (Å²) in [6, 6.07) is 3.87. The van der Waals surface area contributed by atoms with E-state index in [1.165, 1.54) is 11.9 Å². The Morgan fingerprint density at radius 3 is 2.47 bits per heavy atom. The van der Waals surface area contributed by atoms with Gasteiger partial charge in [-0.3, -0.25) is 5.84 Å². The van der Waals surface area contributed by atoms with Crippen LogP contribution in [0.25, 0.3) is 0 Å². The third kappa shape index (κ3) is 2.57. The van der Waals surface area contributed by atoms with E-state index < -0.39 is 0 Å². The highest BCUT2D eigenvalue weighted by Gasteiger charge is 2.19. The lowest BCUT2D eigenvalue weighted by molar-refractivity contribution is 0.400. The van der Waals surface area contributed by atoms with Gasteiger partial charge in [-0.1, -0.05) is 12.1 Å². The van der Waals surface area contributed by atoms with Crippen molar-refractivity contribution in [3.63, 3.8) is 0 Å². The van der Waals surface area contributed by atoms with Gasteiger partial charge in [-0.2, -0.15) is 0 Å². The first-order valence-corrected chi connectivity index (χ1v) is 6.04. The maximum atomic E-state index is 5.69. The van der Waals surface area contributed by atoms with E-state index in [4.69, 9.17) is 10.6 Å². The standard InChI is InChI=1S/C14H18N4O/c1-9-4-5-12(14(19-3)10(9)2)13(18-15)11-6-16-8-17-7-11/h4-8,13,18H,15H2,1-3H3. The first kappa shape index (κ1) is 13.5. The Bertz CT molecular complexity index is 557. The number of nitrogens with one attached hydrogen (secondary N) is 1. The monoisotopic (exact) mass is 258 g/mol. The second kappa shape index (κ2) is 5.77. The van der Waals surface area contributed by atoms with Gasteiger partial charge in [-0.25, -0.2) is 15.4 Å². The molecule has 1 atom stereocenters. The number of ether oxygens (including phenoxy) is 1. The molecule has 5 heteroatoms. The number of hydrogen-bond acceptors (Lipinski definition) is 5. The van der Waals surface area contributed by atoms with Gasteiger partial charge in [0.1, 0.15) is 12.1 Å². The molecule has 0 amide bonds. The molecule has 1 heterocycles. The Hall–Kier alpha value is -1.98. The number of methoxy groups -OCH3 is 1. The molecule has 3 N–H and O–H groups in total. The van der Waals surface area contributed by atoms with Crippen molar-refractivity contribution in [2.24, 2.45) is 5.84 Å². The zero-order valence-corrected chi connectivity index (χ0v) is 11.3. The second-order valence-corrected chi connectivity index (χ2v) is 4.40. The summed E-state index contributed by atoms with van der Waals surface area (Å²) in [6.45, 7) is 4.09. The smallest absolute Gasteiger partial charge is 0.127 e. The molecule has 1 unspecified atom stereocenters. The zero-order chi connectivity index (χ0) is 13.8. The molecule has 0 saturated heterocycles. The van der Waals surface area contributed by atoms with Crippen LogP contribution in [0, 0.1) is 13.8 Å². The second-order valence-electron chi connectivity index (χ2n) is 4.40. The number of nitrogens with two attached hydrogens (primary N) is 1. The highest BCUT2D eigenvalue weighted by Crippen LogP contribution is 2.33. The number of aromatic nitrogens is 2. The Morgan fingerprint density at radius 2 is 1.89 bits per heavy atom. The van der Waals surface area contributed by atoms with Gasteiger partial charge in [-0.05, 0) is 25.0 Å². The maximum Gasteiger partial charge on any atom is 0.127 e. The van der Waals surface area contributed by atoms with Crippen LogP contribution in [0.15, 0.2) is 30.9 Å². The summed E-state index contributed by atoms with van der Waals surface area (Å²) < 4.78 is 5.52. The minimum atomic E-state index is -0.199. The van der Waals surface area contributed by atoms with Crippen LogP contribution >= 0.6 is 0 Å². The maximum absolute atomic E-state index is 5.69. The predicted molar refractivity (Wildman–Crippen MR) is 73.7 cm³/mol. The Kier molecular flexibility index (Phi) is 4.09. The number of aryl methyl sites for hydroxylation is 1. The molecule has 0 saturated carbocycles. The summed E-state index contributed by atoms with van der Waals surface area (Å²) >= 11 is 0. The third-order valence-electron chi connectivity index (χ3n) is 3.30. The molecule has 2 aromatic rings. The van der Waals surface area contributed by atoms with Crippen molar-refractivity contribution in [1.29, 1.82) is 0 Å². The van der Waals surface area contributed by atoms with Crippen LogP contribution < -0.4 is 16.0 Å². The van der Waals surface area contributed by atoms with E-state index in [9.17, 15) is 0 Å². The Morgan fingerprint density at radius 1 is 1.21 bits per heavy atom. The molecule has 0 spiro atoms. The molecule has 2 rings (SSSR count). The minimum absolute atomic E-state index is 0.199. The first-order valence-electron chi connectivity index (χ1n) is 6.04. The van der Waals surface area contributed by atoms with Gasteiger partial charge in [-0.15, -0.1) is 0 Å². The molecule has 5 nitrogen and oxygen atoms in total. The van der Waals surface area contributed by atoms with E-state index in [2.05, 4.69) is 28.4 Å². The van der Waals surface area contributed by atoms with Crippen LogP contribution in [0.1, 0.15) is 28.3 Å². The molecule has 0 aliphatic carbocycles. The van der Waals surface area contributed by atoms with Crippen LogP contribution in [0.3, 0.4) is 0 Å². The fraction of sp³-hybridized carbons (Fsp3) is 0.286. The average Bonchev–Trinajstić information content (AvgIpc) is 2.45. The molecule has 0 aliphatic heterocycles. The van der Waals surface area contributed by atoms with E-state index in [1.807, 2.05) is 13.0 Å². The van der Waals surface area contributed by atoms with Gasteiger partial charge >= 0.3 is 0 Å². The summed E-state index contributed by atoms with van der Waals surface area (Å²) in [7, 11) is 1.67. The average molecular weight is 258 g/mol. The lowest BCUT2D eigenvalue weighted by atomic mass is 9.96. The number of benzene rings is 1. The van der Waals surface area contributed by atoms with E-state index in [0.29, 0.717) is 0 Å². The molecule has 0 radical (unpaired) electrons. The molecule has 0 bridgehead atoms. The fourth-order valence-corrected chi connectivity index (χ4v) is 2.13. The van der Waals surface area contributed by atoms with Crippen LogP contribution in [0.2, 0.25) is 0 Å². The molecule has 0 fully saturated rings. The molecule has 1 aromatic heterocycles. The van der Waals surface area contributed by atoms with Crippen molar-refractivity contribution >= 4 is 0 Å². The van der Waals surface area contributed by atoms with Crippen LogP contribution in [-0.2, 0) is 0 Å². The number of hydrogen-bond donors (Lipinski definition) is 2. The molecule has 1 aromatic carbocycles. The van der Waals surface area contributed by atoms with Crippen molar-refractivity contribution in [1.82, 2.24) is 15.4 Å². The Labute approximate surface area is 112 Å². The fourth-order valence-electron chi connectivity index (χ4n) is 2.13. The normalized spacial score (nSPS) is 12.2. The van der Waals surface area contributed by atoms with Gasteiger partial charge in [0.2, 0.25) is 0 Å². The van der Waals surface area contributed by atoms with Crippen molar-refractivity contribution in [2.75, 3.05) is 7.11 Å². The quantitative estimate of drug-likeness (QED) is 0.644. The summed E-state index contributed by atoms with van der Waals surface area (Å²) in [4.78, 5) is 8.05. The van der Waals surface area contributed by atoms with E-state index in [-0.39, 0.29) is 6.04 Å². The molecule has 19 heavy (non-hydrogen) atoms. The lowest BCUT2D eigenvalue weighted by Crippen LogP contribution is -2.29. The summed E-state index contributed by atoms with van der Waals surface area (Å²) in [6.07, 6.45) is 4.98. The van der Waals surface area contributed by atoms with E-state index in [1.54, 1.807) is 19.5 Å². The highest BCUT2D eigenvalue weighted by molar-refractivity contribution is 5.49. The van der Waals surface area contributed by atoms with Gasteiger partial charge in [0, 0.05) is 23.5 Å². The van der Waals surface area contributed by atoms with Crippen molar-refractivity contribution < 1.29 is 4.74 Å². The highest BCUT2D eigenvalue weighted by atomic mass is 16.5. The van der Waals surface area contributed by atoms with Gasteiger partial charge in [0.15, 0.2) is 0 Å². The summed E-state index contributed by atoms with van der Waals surface area (Å²) in [5, 5.41) is 0. The number of nitrogens with zero attached hydrogens (tertiary/aromatic N) is 2. The zero-order valence-electron chi connectivity index (χ0n) is 11.3. The third-order valence-corrected chi connectivity index (χ3v) is 3.30. The predicted octanol–water partition coefficient (Wildman–Crippen LogP) is 1.65. The minimum Gasteiger partial charge on any atom is -0.496 e. The Balaban J connectivity index is 2.53. The molecule has 100 valence electrons. The van der Waals surface area contributed by atoms with Gasteiger partial charge in [0.05, 0.1) is 13.2 Å². The van der Waals surface area contributed by atoms with Crippen LogP contribution in [-0.4, -0.2) is 17.1 Å². The molecular formula is C14H18N4O. The van der Waals surface area contributed by atoms with Crippen molar-refractivity contribution in [2.45, 2.75) is 19.9 Å². The number of hydrazine groups is 1. The van der Waals surface area contributed by atoms with Crippen molar-refractivity contribution in [3.05, 3.63) is 53.1 Å². The van der Waals surface area contributed by atoms with Gasteiger partial charge in [0.25, 0.3) is 0 Å². The summed E-state index contributed by atoms with van der Waals surface area (Å²) in [5.74, 6) is 6.53. The van der Waals surface area contributed by atoms with Gasteiger partial charge < -0.3 is 4.74 Å². The number of rotatable bonds is 4. The topological polar surface area (TPSA) is 73.1 Å². The van der Waals surface area contributed by atoms with E-state index >= 15 is 0 Å². The summed E-state index contributed by atoms with van der Waals surface area (Å²) in [5.41, 5.74) is 6.96. The SMILES string of the molecule is COc1c(C(NN)c2cncnc2)ccc(C)c1C. The lowest BCUT2D eigenvalue weighted by Gasteiger charge is -2.21. The van der Waals surface area contributed by atoms with Crippen LogP contribution in [0.5, 0.6) is 5.75 Å². The largest absolute Gasteiger partial charge is 0.496 e.